The van der Waals surface area contributed by atoms with Crippen molar-refractivity contribution < 1.29 is 14.2 Å². The lowest BCUT2D eigenvalue weighted by Gasteiger charge is -2.36. The maximum atomic E-state index is 6.20. The van der Waals surface area contributed by atoms with Gasteiger partial charge >= 0.3 is 0 Å². The molecule has 0 bridgehead atoms. The number of benzene rings is 3. The average Bonchev–Trinajstić information content (AvgIpc) is 2.90. The fraction of sp³-hybridized carbons (Fsp3) is 0.333. The molecule has 0 atom stereocenters. The van der Waals surface area contributed by atoms with Gasteiger partial charge in [-0.1, -0.05) is 54.6 Å². The third kappa shape index (κ3) is 4.48. The number of piperidine rings is 1. The van der Waals surface area contributed by atoms with Gasteiger partial charge in [-0.15, -0.1) is 0 Å². The van der Waals surface area contributed by atoms with E-state index in [2.05, 4.69) is 84.6 Å². The smallest absolute Gasteiger partial charge is 0.159 e. The zero-order valence-corrected chi connectivity index (χ0v) is 20.3. The minimum Gasteiger partial charge on any atom is -0.488 e. The van der Waals surface area contributed by atoms with Gasteiger partial charge in [-0.3, -0.25) is 0 Å². The SMILES string of the molecule is COC(OC)C1CCN(c2ccc(C3=C(c4ccccc4)COc4cc(C)ccc43)cc2)CC1. The van der Waals surface area contributed by atoms with Crippen LogP contribution in [-0.4, -0.2) is 40.2 Å². The Kier molecular flexibility index (Phi) is 6.70. The maximum Gasteiger partial charge on any atom is 0.159 e. The molecule has 1 saturated heterocycles. The normalized spacial score (nSPS) is 16.5. The third-order valence-electron chi connectivity index (χ3n) is 7.11. The van der Waals surface area contributed by atoms with Gasteiger partial charge in [0.1, 0.15) is 12.4 Å². The lowest BCUT2D eigenvalue weighted by Crippen LogP contribution is -2.39. The molecule has 4 nitrogen and oxygen atoms in total. The summed E-state index contributed by atoms with van der Waals surface area (Å²) in [6.07, 6.45) is 2.04. The van der Waals surface area contributed by atoms with Crippen molar-refractivity contribution in [3.63, 3.8) is 0 Å². The van der Waals surface area contributed by atoms with Crippen molar-refractivity contribution in [2.45, 2.75) is 26.1 Å². The van der Waals surface area contributed by atoms with Gasteiger partial charge in [0.25, 0.3) is 0 Å². The summed E-state index contributed by atoms with van der Waals surface area (Å²) in [5, 5.41) is 0. The van der Waals surface area contributed by atoms with Crippen LogP contribution in [0.25, 0.3) is 11.1 Å². The molecule has 2 aliphatic heterocycles. The van der Waals surface area contributed by atoms with Gasteiger partial charge in [-0.05, 0) is 60.2 Å². The summed E-state index contributed by atoms with van der Waals surface area (Å²) in [4.78, 5) is 2.47. The average molecular weight is 456 g/mol. The molecule has 2 aliphatic rings. The van der Waals surface area contributed by atoms with Crippen molar-refractivity contribution >= 4 is 16.8 Å². The zero-order chi connectivity index (χ0) is 23.5. The van der Waals surface area contributed by atoms with Gasteiger partial charge < -0.3 is 19.1 Å². The largest absolute Gasteiger partial charge is 0.488 e. The first kappa shape index (κ1) is 22.7. The highest BCUT2D eigenvalue weighted by Gasteiger charge is 2.27. The first-order valence-electron chi connectivity index (χ1n) is 12.1. The quantitative estimate of drug-likeness (QED) is 0.415. The van der Waals surface area contributed by atoms with E-state index in [0.29, 0.717) is 12.5 Å². The second kappa shape index (κ2) is 10.0. The van der Waals surface area contributed by atoms with Crippen molar-refractivity contribution in [2.24, 2.45) is 5.92 Å². The van der Waals surface area contributed by atoms with Crippen molar-refractivity contribution in [1.82, 2.24) is 0 Å². The molecule has 0 N–H and O–H groups in total. The molecule has 0 saturated carbocycles. The molecule has 5 rings (SSSR count). The Hall–Kier alpha value is -3.08. The molecule has 34 heavy (non-hydrogen) atoms. The summed E-state index contributed by atoms with van der Waals surface area (Å²) < 4.78 is 17.2. The number of ether oxygens (including phenoxy) is 3. The van der Waals surface area contributed by atoms with E-state index in [1.165, 1.54) is 33.5 Å². The highest BCUT2D eigenvalue weighted by atomic mass is 16.7. The Balaban J connectivity index is 1.45. The van der Waals surface area contributed by atoms with Crippen LogP contribution in [0.4, 0.5) is 5.69 Å². The number of aryl methyl sites for hydroxylation is 1. The standard InChI is InChI=1S/C30H33NO3/c1-21-9-14-26-28(19-21)34-20-27(22-7-5-4-6-8-22)29(26)23-10-12-25(13-11-23)31-17-15-24(16-18-31)30(32-2)33-3/h4-14,19,24,30H,15-18,20H2,1-3H3. The molecule has 0 unspecified atom stereocenters. The molecular weight excluding hydrogens is 422 g/mol. The summed E-state index contributed by atoms with van der Waals surface area (Å²) in [5.74, 6) is 1.41. The molecule has 1 fully saturated rings. The molecule has 0 aromatic heterocycles. The highest BCUT2D eigenvalue weighted by molar-refractivity contribution is 6.01. The van der Waals surface area contributed by atoms with E-state index in [9.17, 15) is 0 Å². The first-order chi connectivity index (χ1) is 16.7. The Bertz CT molecular complexity index is 1140. The van der Waals surface area contributed by atoms with E-state index >= 15 is 0 Å². The summed E-state index contributed by atoms with van der Waals surface area (Å²) >= 11 is 0. The molecule has 3 aromatic carbocycles. The van der Waals surface area contributed by atoms with Crippen LogP contribution >= 0.6 is 0 Å². The number of anilines is 1. The summed E-state index contributed by atoms with van der Waals surface area (Å²) in [6, 6.07) is 26.1. The number of fused-ring (bicyclic) bond motifs is 1. The molecular formula is C30H33NO3. The monoisotopic (exact) mass is 455 g/mol. The van der Waals surface area contributed by atoms with Gasteiger partial charge in [-0.25, -0.2) is 0 Å². The topological polar surface area (TPSA) is 30.9 Å². The second-order valence-electron chi connectivity index (χ2n) is 9.22. The molecule has 0 amide bonds. The predicted octanol–water partition coefficient (Wildman–Crippen LogP) is 6.18. The van der Waals surface area contributed by atoms with E-state index in [-0.39, 0.29) is 6.29 Å². The van der Waals surface area contributed by atoms with Crippen LogP contribution in [0.5, 0.6) is 5.75 Å². The molecule has 0 radical (unpaired) electrons. The van der Waals surface area contributed by atoms with Crippen LogP contribution < -0.4 is 9.64 Å². The fourth-order valence-corrected chi connectivity index (χ4v) is 5.29. The zero-order valence-electron chi connectivity index (χ0n) is 20.3. The second-order valence-corrected chi connectivity index (χ2v) is 9.22. The number of hydrogen-bond donors (Lipinski definition) is 0. The highest BCUT2D eigenvalue weighted by Crippen LogP contribution is 2.41. The number of methoxy groups -OCH3 is 2. The lowest BCUT2D eigenvalue weighted by atomic mass is 9.87. The lowest BCUT2D eigenvalue weighted by molar-refractivity contribution is -0.141. The van der Waals surface area contributed by atoms with Crippen molar-refractivity contribution in [1.29, 1.82) is 0 Å². The fourth-order valence-electron chi connectivity index (χ4n) is 5.29. The molecule has 4 heteroatoms. The van der Waals surface area contributed by atoms with Crippen LogP contribution in [0.1, 0.15) is 35.1 Å². The van der Waals surface area contributed by atoms with E-state index in [1.807, 2.05) is 0 Å². The van der Waals surface area contributed by atoms with Crippen molar-refractivity contribution in [3.8, 4) is 5.75 Å². The minimum absolute atomic E-state index is 0.106. The summed E-state index contributed by atoms with van der Waals surface area (Å²) in [7, 11) is 3.46. The Labute approximate surface area is 202 Å². The first-order valence-corrected chi connectivity index (χ1v) is 12.1. The summed E-state index contributed by atoms with van der Waals surface area (Å²) in [6.45, 7) is 4.71. The van der Waals surface area contributed by atoms with Gasteiger partial charge in [0.15, 0.2) is 6.29 Å². The van der Waals surface area contributed by atoms with Gasteiger partial charge in [-0.2, -0.15) is 0 Å². The van der Waals surface area contributed by atoms with Crippen LogP contribution in [-0.2, 0) is 9.47 Å². The van der Waals surface area contributed by atoms with Gasteiger partial charge in [0.2, 0.25) is 0 Å². The van der Waals surface area contributed by atoms with Gasteiger partial charge in [0.05, 0.1) is 0 Å². The van der Waals surface area contributed by atoms with E-state index < -0.39 is 0 Å². The number of rotatable bonds is 6. The third-order valence-corrected chi connectivity index (χ3v) is 7.11. The predicted molar refractivity (Wildman–Crippen MR) is 138 cm³/mol. The van der Waals surface area contributed by atoms with Crippen LogP contribution in [0, 0.1) is 12.8 Å². The van der Waals surface area contributed by atoms with Gasteiger partial charge in [0, 0.05) is 50.1 Å². The Morgan fingerprint density at radius 2 is 1.56 bits per heavy atom. The summed E-state index contributed by atoms with van der Waals surface area (Å²) in [5.41, 5.74) is 8.58. The molecule has 3 aromatic rings. The van der Waals surface area contributed by atoms with Crippen LogP contribution in [0.15, 0.2) is 72.8 Å². The van der Waals surface area contributed by atoms with Crippen LogP contribution in [0.2, 0.25) is 0 Å². The van der Waals surface area contributed by atoms with Crippen molar-refractivity contribution in [2.75, 3.05) is 38.8 Å². The minimum atomic E-state index is -0.106. The van der Waals surface area contributed by atoms with Crippen molar-refractivity contribution in [3.05, 3.63) is 95.1 Å². The van der Waals surface area contributed by atoms with Crippen LogP contribution in [0.3, 0.4) is 0 Å². The molecule has 0 spiro atoms. The van der Waals surface area contributed by atoms with E-state index in [0.717, 1.165) is 37.2 Å². The Morgan fingerprint density at radius 3 is 2.24 bits per heavy atom. The molecule has 2 heterocycles. The molecule has 0 aliphatic carbocycles. The molecule has 176 valence electrons. The van der Waals surface area contributed by atoms with E-state index in [1.54, 1.807) is 14.2 Å². The van der Waals surface area contributed by atoms with E-state index in [4.69, 9.17) is 14.2 Å². The number of hydrogen-bond acceptors (Lipinski definition) is 4. The maximum absolute atomic E-state index is 6.20. The Morgan fingerprint density at radius 1 is 0.853 bits per heavy atom. The number of nitrogens with zero attached hydrogens (tertiary/aromatic N) is 1.